The number of aliphatic hydroxyl groups is 1. The van der Waals surface area contributed by atoms with Crippen LogP contribution in [0.1, 0.15) is 33.6 Å². The Morgan fingerprint density at radius 1 is 0.647 bits per heavy atom. The van der Waals surface area contributed by atoms with Crippen molar-refractivity contribution in [1.82, 2.24) is 9.65 Å². The Labute approximate surface area is 179 Å². The summed E-state index contributed by atoms with van der Waals surface area (Å²) in [4.78, 5) is 5.87. The number of hydrogen-bond acceptors (Lipinski definition) is 3. The Morgan fingerprint density at radius 2 is 1.06 bits per heavy atom. The molecule has 0 aliphatic heterocycles. The zero-order valence-electron chi connectivity index (χ0n) is 15.6. The highest BCUT2D eigenvalue weighted by Gasteiger charge is 2.41. The third-order valence-electron chi connectivity index (χ3n) is 3.79. The number of aromatic nitrogens is 1. The Morgan fingerprint density at radius 3 is 1.38 bits per heavy atom. The van der Waals surface area contributed by atoms with Crippen molar-refractivity contribution >= 4 is 11.8 Å². The minimum Gasteiger partial charge on any atom is -0.447 e. The number of hydrogen-bond donors (Lipinski definition) is 2. The van der Waals surface area contributed by atoms with Gasteiger partial charge in [-0.1, -0.05) is 0 Å². The lowest BCUT2D eigenvalue weighted by atomic mass is 10.0. The van der Waals surface area contributed by atoms with Crippen LogP contribution in [0.15, 0.2) is 30.3 Å². The van der Waals surface area contributed by atoms with Crippen LogP contribution in [0, 0.1) is 0 Å². The molecule has 0 radical (unpaired) electrons. The van der Waals surface area contributed by atoms with E-state index in [1.165, 1.54) is 0 Å². The molecule has 0 atom stereocenters. The normalized spacial score (nSPS) is 12.9. The van der Waals surface area contributed by atoms with Crippen molar-refractivity contribution < 1.29 is 67.9 Å². The van der Waals surface area contributed by atoms with Gasteiger partial charge < -0.3 is 5.11 Å². The van der Waals surface area contributed by atoms with E-state index in [9.17, 15) is 57.8 Å². The van der Waals surface area contributed by atoms with E-state index in [4.69, 9.17) is 5.26 Å². The van der Waals surface area contributed by atoms with Gasteiger partial charge in [-0.3, -0.25) is 4.89 Å². The van der Waals surface area contributed by atoms with Gasteiger partial charge in [-0.2, -0.15) is 57.9 Å². The fraction of sp³-hybridized carbons (Fsp3) is 0.235. The first-order chi connectivity index (χ1) is 15.2. The molecule has 0 saturated heterocycles. The summed E-state index contributed by atoms with van der Waals surface area (Å²) >= 11 is 0. The van der Waals surface area contributed by atoms with Crippen molar-refractivity contribution in [2.75, 3.05) is 0 Å². The summed E-state index contributed by atoms with van der Waals surface area (Å²) < 4.78 is 158. The lowest BCUT2D eigenvalue weighted by Crippen LogP contribution is -2.20. The van der Waals surface area contributed by atoms with Crippen LogP contribution >= 0.6 is 0 Å². The molecule has 2 N–H and O–H groups in total. The van der Waals surface area contributed by atoms with E-state index in [-0.39, 0.29) is 30.3 Å². The quantitative estimate of drug-likeness (QED) is 0.139. The summed E-state index contributed by atoms with van der Waals surface area (Å²) in [6.07, 6.45) is -21.6. The molecular formula is C17H7F12N2O3+. The number of rotatable bonds is 2. The van der Waals surface area contributed by atoms with Crippen molar-refractivity contribution in [2.45, 2.75) is 24.7 Å². The second-order valence-electron chi connectivity index (χ2n) is 6.25. The third kappa shape index (κ3) is 6.32. The van der Waals surface area contributed by atoms with Gasteiger partial charge in [0.25, 0.3) is 0 Å². The molecular weight excluding hydrogens is 508 g/mol. The molecule has 17 heteroatoms. The molecule has 0 amide bonds. The highest BCUT2D eigenvalue weighted by molar-refractivity contribution is 6.00. The van der Waals surface area contributed by atoms with Crippen LogP contribution in [0.5, 0.6) is 0 Å². The summed E-state index contributed by atoms with van der Waals surface area (Å²) in [7, 11) is 0. The third-order valence-corrected chi connectivity index (χ3v) is 3.79. The minimum atomic E-state index is -5.46. The zero-order chi connectivity index (χ0) is 26.3. The number of aliphatic hydroxyl groups excluding tert-OH is 1. The predicted octanol–water partition coefficient (Wildman–Crippen LogP) is 5.47. The zero-order valence-corrected chi connectivity index (χ0v) is 15.6. The molecule has 0 aliphatic carbocycles. The van der Waals surface area contributed by atoms with Gasteiger partial charge in [0.2, 0.25) is 0 Å². The molecule has 34 heavy (non-hydrogen) atoms. The molecule has 1 heterocycles. The second kappa shape index (κ2) is 8.72. The summed E-state index contributed by atoms with van der Waals surface area (Å²) in [6, 6.07) is -0.679. The van der Waals surface area contributed by atoms with Gasteiger partial charge in [-0.25, -0.2) is 4.98 Å². The van der Waals surface area contributed by atoms with Gasteiger partial charge >= 0.3 is 36.5 Å². The molecule has 2 aromatic rings. The van der Waals surface area contributed by atoms with Gasteiger partial charge in [0.1, 0.15) is 22.5 Å². The summed E-state index contributed by atoms with van der Waals surface area (Å²) in [5, 5.41) is 18.7. The van der Waals surface area contributed by atoms with Crippen molar-refractivity contribution in [3.8, 4) is 0 Å². The standard InChI is InChI=1S/C17H6F12N2O3/c18-14(19,20)8-1-7(2-9(5-8)15(21,22)23)13(34-33)31-12(32)6-3-10(16(24,25)26)30-11(4-6)17(27,28)29/h1-5,33H/p+1. The molecule has 0 spiro atoms. The van der Waals surface area contributed by atoms with Gasteiger partial charge in [0.05, 0.1) is 11.1 Å². The van der Waals surface area contributed by atoms with Gasteiger partial charge in [0.15, 0.2) is 0 Å². The minimum absolute atomic E-state index is 0.0353. The van der Waals surface area contributed by atoms with Crippen LogP contribution in [-0.4, -0.2) is 27.1 Å². The Hall–Kier alpha value is -3.46. The second-order valence-corrected chi connectivity index (χ2v) is 6.25. The summed E-state index contributed by atoms with van der Waals surface area (Å²) in [5.41, 5.74) is -10.8. The van der Waals surface area contributed by atoms with Crippen LogP contribution in [-0.2, 0) is 29.6 Å². The number of pyridine rings is 1. The van der Waals surface area contributed by atoms with Crippen LogP contribution in [0.3, 0.4) is 0 Å². The molecule has 1 aromatic heterocycles. The summed E-state index contributed by atoms with van der Waals surface area (Å²) in [6.45, 7) is 0. The van der Waals surface area contributed by atoms with E-state index in [2.05, 4.69) is 14.5 Å². The van der Waals surface area contributed by atoms with E-state index in [0.717, 1.165) is 0 Å². The van der Waals surface area contributed by atoms with Gasteiger partial charge in [0, 0.05) is 4.67 Å². The lowest BCUT2D eigenvalue weighted by molar-refractivity contribution is -0.154. The first kappa shape index (κ1) is 26.8. The largest absolute Gasteiger partial charge is 0.530 e. The topological polar surface area (TPSA) is 76.7 Å². The molecule has 0 aliphatic rings. The Bertz CT molecular complexity index is 1080. The van der Waals surface area contributed by atoms with Crippen molar-refractivity contribution in [2.24, 2.45) is 0 Å². The molecule has 186 valence electrons. The van der Waals surface area contributed by atoms with Crippen molar-refractivity contribution in [3.05, 3.63) is 64.0 Å². The van der Waals surface area contributed by atoms with E-state index in [1.807, 2.05) is 0 Å². The number of benzene rings is 1. The van der Waals surface area contributed by atoms with Crippen LogP contribution in [0.2, 0.25) is 0 Å². The predicted molar refractivity (Wildman–Crippen MR) is 87.4 cm³/mol. The van der Waals surface area contributed by atoms with Crippen molar-refractivity contribution in [3.63, 3.8) is 0 Å². The molecule has 5 nitrogen and oxygen atoms in total. The summed E-state index contributed by atoms with van der Waals surface area (Å²) in [5.74, 6) is -3.42. The average Bonchev–Trinajstić information content (AvgIpc) is 2.68. The molecule has 0 bridgehead atoms. The van der Waals surface area contributed by atoms with E-state index < -0.39 is 70.1 Å². The SMILES string of the molecule is OOC(=[N+]=C(O)c1cc(C(F)(F)F)nc(C(F)(F)F)c1)c1cc(C(F)(F)F)cc(C(F)(F)F)c1. The highest BCUT2D eigenvalue weighted by Crippen LogP contribution is 2.37. The van der Waals surface area contributed by atoms with E-state index in [0.29, 0.717) is 0 Å². The molecule has 2 rings (SSSR count). The first-order valence-electron chi connectivity index (χ1n) is 8.16. The van der Waals surface area contributed by atoms with Crippen LogP contribution in [0.25, 0.3) is 0 Å². The molecule has 1 aromatic carbocycles. The van der Waals surface area contributed by atoms with E-state index >= 15 is 0 Å². The van der Waals surface area contributed by atoms with Gasteiger partial charge in [-0.15, -0.1) is 0 Å². The first-order valence-corrected chi connectivity index (χ1v) is 8.16. The fourth-order valence-corrected chi connectivity index (χ4v) is 2.33. The van der Waals surface area contributed by atoms with Gasteiger partial charge in [-0.05, 0) is 30.3 Å². The maximum Gasteiger partial charge on any atom is 0.530 e. The monoisotopic (exact) mass is 515 g/mol. The van der Waals surface area contributed by atoms with Crippen LogP contribution < -0.4 is 4.67 Å². The number of alkyl halides is 12. The smallest absolute Gasteiger partial charge is 0.447 e. The molecule has 0 unspecified atom stereocenters. The fourth-order valence-electron chi connectivity index (χ4n) is 2.33. The number of halogens is 12. The average molecular weight is 515 g/mol. The Kier molecular flexibility index (Phi) is 6.87. The molecule has 0 saturated carbocycles. The van der Waals surface area contributed by atoms with Crippen LogP contribution in [0.4, 0.5) is 52.7 Å². The number of nitrogens with zero attached hydrogens (tertiary/aromatic N) is 2. The molecule has 0 fully saturated rings. The maximum atomic E-state index is 13.0. The van der Waals surface area contributed by atoms with Crippen molar-refractivity contribution in [1.29, 1.82) is 0 Å². The maximum absolute atomic E-state index is 13.0. The van der Waals surface area contributed by atoms with E-state index in [1.54, 1.807) is 0 Å². The Balaban J connectivity index is 2.83. The lowest BCUT2D eigenvalue weighted by Gasteiger charge is -2.12. The highest BCUT2D eigenvalue weighted by atomic mass is 19.4.